The van der Waals surface area contributed by atoms with Crippen molar-refractivity contribution in [3.63, 3.8) is 0 Å². The highest BCUT2D eigenvalue weighted by Gasteiger charge is 2.20. The lowest BCUT2D eigenvalue weighted by Gasteiger charge is -2.18. The van der Waals surface area contributed by atoms with E-state index in [-0.39, 0.29) is 17.9 Å². The van der Waals surface area contributed by atoms with E-state index in [1.807, 2.05) is 0 Å². The van der Waals surface area contributed by atoms with E-state index < -0.39 is 22.1 Å². The van der Waals surface area contributed by atoms with Gasteiger partial charge in [-0.2, -0.15) is 0 Å². The van der Waals surface area contributed by atoms with E-state index in [0.29, 0.717) is 5.56 Å². The summed E-state index contributed by atoms with van der Waals surface area (Å²) in [7, 11) is -2.19. The molecule has 0 saturated carbocycles. The minimum absolute atomic E-state index is 0.000947. The van der Waals surface area contributed by atoms with Crippen molar-refractivity contribution in [3.05, 3.63) is 35.4 Å². The number of aliphatic hydroxyl groups excluding tert-OH is 1. The fourth-order valence-electron chi connectivity index (χ4n) is 1.60. The summed E-state index contributed by atoms with van der Waals surface area (Å²) in [5.41, 5.74) is 0.447. The summed E-state index contributed by atoms with van der Waals surface area (Å²) in [5, 5.41) is 18.0. The Bertz CT molecular complexity index is 553. The van der Waals surface area contributed by atoms with Crippen molar-refractivity contribution >= 4 is 16.0 Å². The molecule has 1 aromatic rings. The summed E-state index contributed by atoms with van der Waals surface area (Å²) >= 11 is 0. The molecule has 0 aliphatic carbocycles. The Kier molecular flexibility index (Phi) is 5.04. The largest absolute Gasteiger partial charge is 0.478 e. The second kappa shape index (κ2) is 6.14. The van der Waals surface area contributed by atoms with E-state index in [9.17, 15) is 18.3 Å². The summed E-state index contributed by atoms with van der Waals surface area (Å²) in [6, 6.07) is 5.79. The Morgan fingerprint density at radius 1 is 1.42 bits per heavy atom. The van der Waals surface area contributed by atoms with Gasteiger partial charge in [0.15, 0.2) is 0 Å². The van der Waals surface area contributed by atoms with Gasteiger partial charge in [0.25, 0.3) is 0 Å². The Morgan fingerprint density at radius 3 is 2.58 bits per heavy atom. The highest BCUT2D eigenvalue weighted by atomic mass is 32.2. The van der Waals surface area contributed by atoms with Crippen LogP contribution in [-0.2, 0) is 15.8 Å². The maximum Gasteiger partial charge on any atom is 0.335 e. The minimum atomic E-state index is -3.57. The standard InChI is InChI=1S/C12H17NO5S/c1-9(14)7-13(2)19(17,18)8-10-4-3-5-11(6-10)12(15)16/h3-6,9,14H,7-8H2,1-2H3,(H,15,16). The molecule has 0 spiro atoms. The smallest absolute Gasteiger partial charge is 0.335 e. The quantitative estimate of drug-likeness (QED) is 0.795. The first-order valence-electron chi connectivity index (χ1n) is 5.66. The van der Waals surface area contributed by atoms with Gasteiger partial charge in [0, 0.05) is 13.6 Å². The number of rotatable bonds is 6. The topological polar surface area (TPSA) is 94.9 Å². The zero-order chi connectivity index (χ0) is 14.6. The lowest BCUT2D eigenvalue weighted by atomic mass is 10.1. The lowest BCUT2D eigenvalue weighted by molar-refractivity contribution is 0.0696. The van der Waals surface area contributed by atoms with Crippen LogP contribution in [-0.4, -0.2) is 48.6 Å². The number of aliphatic hydroxyl groups is 1. The summed E-state index contributed by atoms with van der Waals surface area (Å²) in [6.07, 6.45) is -0.759. The molecule has 7 heteroatoms. The molecule has 1 aromatic carbocycles. The third-order valence-electron chi connectivity index (χ3n) is 2.52. The van der Waals surface area contributed by atoms with Gasteiger partial charge in [-0.15, -0.1) is 0 Å². The first-order valence-corrected chi connectivity index (χ1v) is 7.27. The Labute approximate surface area is 112 Å². The van der Waals surface area contributed by atoms with Crippen molar-refractivity contribution in [1.29, 1.82) is 0 Å². The number of carboxylic acids is 1. The SMILES string of the molecule is CC(O)CN(C)S(=O)(=O)Cc1cccc(C(=O)O)c1. The third-order valence-corrected chi connectivity index (χ3v) is 4.32. The van der Waals surface area contributed by atoms with Crippen LogP contribution in [0.25, 0.3) is 0 Å². The van der Waals surface area contributed by atoms with Crippen LogP contribution in [0.3, 0.4) is 0 Å². The minimum Gasteiger partial charge on any atom is -0.478 e. The predicted octanol–water partition coefficient (Wildman–Crippen LogP) is 0.527. The molecule has 0 aliphatic heterocycles. The number of carboxylic acid groups (broad SMARTS) is 1. The van der Waals surface area contributed by atoms with Gasteiger partial charge in [0.1, 0.15) is 0 Å². The summed E-state index contributed by atoms with van der Waals surface area (Å²) in [5.74, 6) is -1.39. The van der Waals surface area contributed by atoms with Gasteiger partial charge in [-0.25, -0.2) is 17.5 Å². The van der Waals surface area contributed by atoms with Gasteiger partial charge in [-0.1, -0.05) is 12.1 Å². The Hall–Kier alpha value is -1.44. The summed E-state index contributed by atoms with van der Waals surface area (Å²) in [4.78, 5) is 10.8. The van der Waals surface area contributed by atoms with Crippen LogP contribution < -0.4 is 0 Å². The fraction of sp³-hybridized carbons (Fsp3) is 0.417. The van der Waals surface area contributed by atoms with Crippen LogP contribution in [0.15, 0.2) is 24.3 Å². The van der Waals surface area contributed by atoms with Gasteiger partial charge in [0.2, 0.25) is 10.0 Å². The third kappa shape index (κ3) is 4.62. The Morgan fingerprint density at radius 2 is 2.05 bits per heavy atom. The van der Waals surface area contributed by atoms with Crippen molar-refractivity contribution in [3.8, 4) is 0 Å². The number of carbonyl (C=O) groups is 1. The first-order chi connectivity index (χ1) is 8.72. The van der Waals surface area contributed by atoms with Crippen molar-refractivity contribution in [2.24, 2.45) is 0 Å². The number of aromatic carboxylic acids is 1. The first kappa shape index (κ1) is 15.6. The van der Waals surface area contributed by atoms with Gasteiger partial charge >= 0.3 is 5.97 Å². The average Bonchev–Trinajstić information content (AvgIpc) is 2.27. The number of likely N-dealkylation sites (N-methyl/N-ethyl adjacent to an activating group) is 1. The van der Waals surface area contributed by atoms with Crippen LogP contribution in [0.1, 0.15) is 22.8 Å². The van der Waals surface area contributed by atoms with E-state index in [1.165, 1.54) is 32.2 Å². The van der Waals surface area contributed by atoms with Crippen molar-refractivity contribution in [2.45, 2.75) is 18.8 Å². The molecular weight excluding hydrogens is 270 g/mol. The van der Waals surface area contributed by atoms with Crippen molar-refractivity contribution in [1.82, 2.24) is 4.31 Å². The van der Waals surface area contributed by atoms with Crippen molar-refractivity contribution in [2.75, 3.05) is 13.6 Å². The second-order valence-electron chi connectivity index (χ2n) is 4.39. The van der Waals surface area contributed by atoms with Crippen LogP contribution in [0.5, 0.6) is 0 Å². The fourth-order valence-corrected chi connectivity index (χ4v) is 2.86. The molecule has 0 saturated heterocycles. The molecule has 1 unspecified atom stereocenters. The van der Waals surface area contributed by atoms with E-state index in [2.05, 4.69) is 0 Å². The highest BCUT2D eigenvalue weighted by molar-refractivity contribution is 7.88. The number of sulfonamides is 1. The number of nitrogens with zero attached hydrogens (tertiary/aromatic N) is 1. The molecule has 0 amide bonds. The molecule has 0 aliphatic rings. The summed E-state index contributed by atoms with van der Waals surface area (Å²) < 4.78 is 25.0. The van der Waals surface area contributed by atoms with Crippen LogP contribution >= 0.6 is 0 Å². The lowest BCUT2D eigenvalue weighted by Crippen LogP contribution is -2.34. The van der Waals surface area contributed by atoms with E-state index >= 15 is 0 Å². The molecule has 0 fully saturated rings. The molecule has 1 atom stereocenters. The molecule has 0 radical (unpaired) electrons. The number of benzene rings is 1. The highest BCUT2D eigenvalue weighted by Crippen LogP contribution is 2.12. The molecule has 0 bridgehead atoms. The molecule has 1 rings (SSSR count). The maximum absolute atomic E-state index is 12.0. The van der Waals surface area contributed by atoms with Gasteiger partial charge in [-0.3, -0.25) is 0 Å². The molecular formula is C12H17NO5S. The van der Waals surface area contributed by atoms with Crippen molar-refractivity contribution < 1.29 is 23.4 Å². The van der Waals surface area contributed by atoms with E-state index in [0.717, 1.165) is 4.31 Å². The zero-order valence-corrected chi connectivity index (χ0v) is 11.6. The monoisotopic (exact) mass is 287 g/mol. The molecule has 106 valence electrons. The van der Waals surface area contributed by atoms with E-state index in [1.54, 1.807) is 6.07 Å². The van der Waals surface area contributed by atoms with Gasteiger partial charge < -0.3 is 10.2 Å². The molecule has 0 heterocycles. The van der Waals surface area contributed by atoms with Crippen LogP contribution in [0.4, 0.5) is 0 Å². The van der Waals surface area contributed by atoms with Gasteiger partial charge in [-0.05, 0) is 24.6 Å². The predicted molar refractivity (Wildman–Crippen MR) is 70.3 cm³/mol. The molecule has 0 aromatic heterocycles. The number of hydrogen-bond acceptors (Lipinski definition) is 4. The van der Waals surface area contributed by atoms with Crippen LogP contribution in [0, 0.1) is 0 Å². The average molecular weight is 287 g/mol. The maximum atomic E-state index is 12.0. The molecule has 6 nitrogen and oxygen atoms in total. The molecule has 2 N–H and O–H groups in total. The normalized spacial score (nSPS) is 13.5. The van der Waals surface area contributed by atoms with Gasteiger partial charge in [0.05, 0.1) is 17.4 Å². The van der Waals surface area contributed by atoms with Crippen LogP contribution in [0.2, 0.25) is 0 Å². The Balaban J connectivity index is 2.89. The molecule has 19 heavy (non-hydrogen) atoms. The zero-order valence-electron chi connectivity index (χ0n) is 10.8. The van der Waals surface area contributed by atoms with E-state index in [4.69, 9.17) is 5.11 Å². The second-order valence-corrected chi connectivity index (χ2v) is 6.47. The summed E-state index contributed by atoms with van der Waals surface area (Å²) in [6.45, 7) is 1.50. The number of hydrogen-bond donors (Lipinski definition) is 2.